The van der Waals surface area contributed by atoms with E-state index in [4.69, 9.17) is 45.0 Å². The minimum atomic E-state index is -0.750. The second-order valence-electron chi connectivity index (χ2n) is 2.52. The summed E-state index contributed by atoms with van der Waals surface area (Å²) in [4.78, 5) is 13.1. The van der Waals surface area contributed by atoms with E-state index in [1.165, 1.54) is 0 Å². The molecule has 7 heteroatoms. The van der Waals surface area contributed by atoms with Crippen LogP contribution in [0, 0.1) is 0 Å². The van der Waals surface area contributed by atoms with E-state index in [2.05, 4.69) is 4.98 Å². The van der Waals surface area contributed by atoms with Gasteiger partial charge in [-0.3, -0.25) is 4.98 Å². The zero-order chi connectivity index (χ0) is 11.4. The van der Waals surface area contributed by atoms with Crippen LogP contribution in [0.15, 0.2) is 27.4 Å². The molecule has 0 aliphatic rings. The molecule has 0 bridgehead atoms. The SMILES string of the molecule is ClC(Cl)Cl.Nc1ccc2[nH]c(=O)oc2c1. The predicted octanol–water partition coefficient (Wildman–Crippen LogP) is 2.69. The van der Waals surface area contributed by atoms with Crippen LogP contribution in [0.2, 0.25) is 0 Å². The summed E-state index contributed by atoms with van der Waals surface area (Å²) in [5, 5.41) is 0. The molecular formula is C8H7Cl3N2O2. The first-order valence-corrected chi connectivity index (χ1v) is 5.10. The first-order valence-electron chi connectivity index (χ1n) is 3.79. The number of halogens is 3. The van der Waals surface area contributed by atoms with Crippen molar-refractivity contribution >= 4 is 51.6 Å². The summed E-state index contributed by atoms with van der Waals surface area (Å²) in [6.45, 7) is 0. The van der Waals surface area contributed by atoms with E-state index in [0.717, 1.165) is 0 Å². The maximum absolute atomic E-state index is 10.6. The van der Waals surface area contributed by atoms with E-state index < -0.39 is 10.1 Å². The Morgan fingerprint density at radius 1 is 1.33 bits per heavy atom. The number of aromatic nitrogens is 1. The molecule has 3 N–H and O–H groups in total. The second-order valence-corrected chi connectivity index (χ2v) is 4.50. The predicted molar refractivity (Wildman–Crippen MR) is 62.6 cm³/mol. The zero-order valence-electron chi connectivity index (χ0n) is 7.34. The lowest BCUT2D eigenvalue weighted by molar-refractivity contribution is 0.555. The Kier molecular flexibility index (Phi) is 4.32. The highest BCUT2D eigenvalue weighted by atomic mass is 35.6. The van der Waals surface area contributed by atoms with Crippen LogP contribution in [0.3, 0.4) is 0 Å². The quantitative estimate of drug-likeness (QED) is 0.570. The standard InChI is InChI=1S/C7H6N2O2.CHCl3/c8-4-1-2-5-6(3-4)11-7(10)9-5;2-1(3)4/h1-3H,8H2,(H,9,10);1H. The molecule has 1 aromatic carbocycles. The fourth-order valence-corrected chi connectivity index (χ4v) is 0.962. The van der Waals surface area contributed by atoms with E-state index in [9.17, 15) is 4.79 Å². The minimum absolute atomic E-state index is 0.453. The Balaban J connectivity index is 0.000000245. The van der Waals surface area contributed by atoms with E-state index in [-0.39, 0.29) is 0 Å². The largest absolute Gasteiger partial charge is 0.417 e. The summed E-state index contributed by atoms with van der Waals surface area (Å²) in [6, 6.07) is 5.01. The Hall–Kier alpha value is -0.840. The van der Waals surface area contributed by atoms with Crippen LogP contribution < -0.4 is 11.5 Å². The number of oxazole rings is 1. The van der Waals surface area contributed by atoms with Crippen LogP contribution in [-0.2, 0) is 0 Å². The van der Waals surface area contributed by atoms with E-state index in [1.807, 2.05) is 0 Å². The number of nitrogens with two attached hydrogens (primary N) is 1. The summed E-state index contributed by atoms with van der Waals surface area (Å²) in [6.07, 6.45) is 0. The van der Waals surface area contributed by atoms with Crippen LogP contribution in [0.25, 0.3) is 11.1 Å². The molecule has 0 amide bonds. The molecule has 15 heavy (non-hydrogen) atoms. The molecule has 0 unspecified atom stereocenters. The first-order chi connectivity index (χ1) is 6.99. The van der Waals surface area contributed by atoms with Gasteiger partial charge < -0.3 is 10.2 Å². The van der Waals surface area contributed by atoms with Crippen molar-refractivity contribution in [3.05, 3.63) is 28.7 Å². The van der Waals surface area contributed by atoms with Gasteiger partial charge in [0.25, 0.3) is 0 Å². The van der Waals surface area contributed by atoms with Gasteiger partial charge in [0.2, 0.25) is 0 Å². The number of rotatable bonds is 0. The molecule has 2 aromatic rings. The molecule has 0 atom stereocenters. The highest BCUT2D eigenvalue weighted by Crippen LogP contribution is 2.12. The second kappa shape index (κ2) is 5.30. The van der Waals surface area contributed by atoms with Crippen LogP contribution >= 0.6 is 34.8 Å². The monoisotopic (exact) mass is 268 g/mol. The van der Waals surface area contributed by atoms with E-state index in [1.54, 1.807) is 18.2 Å². The number of hydrogen-bond donors (Lipinski definition) is 2. The summed E-state index contributed by atoms with van der Waals surface area (Å²) >= 11 is 14.4. The van der Waals surface area contributed by atoms with Gasteiger partial charge in [-0.15, -0.1) is 0 Å². The molecule has 82 valence electrons. The van der Waals surface area contributed by atoms with Crippen LogP contribution in [0.4, 0.5) is 5.69 Å². The molecule has 0 fully saturated rings. The van der Waals surface area contributed by atoms with Gasteiger partial charge in [0, 0.05) is 11.8 Å². The van der Waals surface area contributed by atoms with Crippen molar-refractivity contribution in [1.82, 2.24) is 4.98 Å². The van der Waals surface area contributed by atoms with Gasteiger partial charge in [-0.1, -0.05) is 34.8 Å². The third-order valence-corrected chi connectivity index (χ3v) is 1.45. The number of fused-ring (bicyclic) bond motifs is 1. The summed E-state index contributed by atoms with van der Waals surface area (Å²) in [7, 11) is 0. The maximum Gasteiger partial charge on any atom is 0.417 e. The van der Waals surface area contributed by atoms with Gasteiger partial charge in [0.05, 0.1) is 5.52 Å². The van der Waals surface area contributed by atoms with Crippen molar-refractivity contribution in [2.45, 2.75) is 4.30 Å². The Morgan fingerprint density at radius 2 is 1.93 bits per heavy atom. The number of aromatic amines is 1. The minimum Gasteiger partial charge on any atom is -0.408 e. The van der Waals surface area contributed by atoms with Gasteiger partial charge in [0.15, 0.2) is 9.88 Å². The number of anilines is 1. The molecule has 0 radical (unpaired) electrons. The van der Waals surface area contributed by atoms with Crippen molar-refractivity contribution in [3.63, 3.8) is 0 Å². The summed E-state index contributed by atoms with van der Waals surface area (Å²) < 4.78 is 4.01. The molecule has 1 aromatic heterocycles. The van der Waals surface area contributed by atoms with E-state index >= 15 is 0 Å². The highest BCUT2D eigenvalue weighted by molar-refractivity contribution is 6.63. The Labute approximate surface area is 99.9 Å². The fraction of sp³-hybridized carbons (Fsp3) is 0.125. The normalized spacial score (nSPS) is 10.1. The summed E-state index contributed by atoms with van der Waals surface area (Å²) in [5.74, 6) is -0.453. The third-order valence-electron chi connectivity index (χ3n) is 1.45. The van der Waals surface area contributed by atoms with Crippen molar-refractivity contribution in [2.24, 2.45) is 0 Å². The zero-order valence-corrected chi connectivity index (χ0v) is 9.60. The van der Waals surface area contributed by atoms with Crippen LogP contribution in [0.1, 0.15) is 0 Å². The third kappa shape index (κ3) is 4.03. The highest BCUT2D eigenvalue weighted by Gasteiger charge is 1.98. The molecule has 2 rings (SSSR count). The Morgan fingerprint density at radius 3 is 2.53 bits per heavy atom. The van der Waals surface area contributed by atoms with Gasteiger partial charge >= 0.3 is 5.76 Å². The van der Waals surface area contributed by atoms with Crippen molar-refractivity contribution in [2.75, 3.05) is 5.73 Å². The van der Waals surface area contributed by atoms with Crippen molar-refractivity contribution < 1.29 is 4.42 Å². The lowest BCUT2D eigenvalue weighted by Gasteiger charge is -1.88. The topological polar surface area (TPSA) is 72.0 Å². The maximum atomic E-state index is 10.6. The number of nitrogen functional groups attached to an aromatic ring is 1. The molecule has 0 aliphatic heterocycles. The molecule has 1 heterocycles. The van der Waals surface area contributed by atoms with Gasteiger partial charge in [-0.25, -0.2) is 4.79 Å². The van der Waals surface area contributed by atoms with Crippen LogP contribution in [-0.4, -0.2) is 9.28 Å². The average molecular weight is 270 g/mol. The molecule has 4 nitrogen and oxygen atoms in total. The summed E-state index contributed by atoms with van der Waals surface area (Å²) in [5.41, 5.74) is 7.21. The van der Waals surface area contributed by atoms with Gasteiger partial charge in [-0.2, -0.15) is 0 Å². The smallest absolute Gasteiger partial charge is 0.408 e. The fourth-order valence-electron chi connectivity index (χ4n) is 0.962. The molecule has 0 aliphatic carbocycles. The number of benzene rings is 1. The molecule has 0 saturated heterocycles. The number of alkyl halides is 3. The first kappa shape index (κ1) is 12.2. The molecule has 0 spiro atoms. The molecular weight excluding hydrogens is 262 g/mol. The number of hydrogen-bond acceptors (Lipinski definition) is 3. The van der Waals surface area contributed by atoms with E-state index in [0.29, 0.717) is 16.8 Å². The van der Waals surface area contributed by atoms with Crippen molar-refractivity contribution in [3.8, 4) is 0 Å². The number of H-pyrrole nitrogens is 1. The Bertz CT molecular complexity index is 489. The van der Waals surface area contributed by atoms with Crippen molar-refractivity contribution in [1.29, 1.82) is 0 Å². The number of nitrogens with one attached hydrogen (secondary N) is 1. The lowest BCUT2D eigenvalue weighted by Crippen LogP contribution is -1.92. The van der Waals surface area contributed by atoms with Crippen LogP contribution in [0.5, 0.6) is 0 Å². The van der Waals surface area contributed by atoms with Gasteiger partial charge in [0.1, 0.15) is 0 Å². The molecule has 0 saturated carbocycles. The lowest BCUT2D eigenvalue weighted by atomic mass is 10.3. The van der Waals surface area contributed by atoms with Gasteiger partial charge in [-0.05, 0) is 12.1 Å². The average Bonchev–Trinajstić information content (AvgIpc) is 2.42.